The van der Waals surface area contributed by atoms with Gasteiger partial charge in [0, 0.05) is 18.9 Å². The van der Waals surface area contributed by atoms with Crippen molar-refractivity contribution >= 4 is 10.0 Å². The molecule has 5 heteroatoms. The Bertz CT molecular complexity index is 794. The number of aromatic nitrogens is 1. The van der Waals surface area contributed by atoms with Crippen molar-refractivity contribution < 1.29 is 8.42 Å². The highest BCUT2D eigenvalue weighted by atomic mass is 32.2. The minimum Gasteiger partial charge on any atom is -0.265 e. The molecule has 4 nitrogen and oxygen atoms in total. The van der Waals surface area contributed by atoms with Crippen LogP contribution >= 0.6 is 0 Å². The molecule has 0 radical (unpaired) electrons. The lowest BCUT2D eigenvalue weighted by atomic mass is 9.87. The third kappa shape index (κ3) is 3.23. The third-order valence-electron chi connectivity index (χ3n) is 4.62. The van der Waals surface area contributed by atoms with Crippen LogP contribution < -0.4 is 0 Å². The van der Waals surface area contributed by atoms with Crippen molar-refractivity contribution in [3.05, 3.63) is 59.9 Å². The zero-order valence-corrected chi connectivity index (χ0v) is 15.3. The minimum atomic E-state index is -3.49. The van der Waals surface area contributed by atoms with Crippen LogP contribution in [-0.2, 0) is 15.4 Å². The van der Waals surface area contributed by atoms with E-state index in [0.717, 1.165) is 24.0 Å². The summed E-state index contributed by atoms with van der Waals surface area (Å²) in [5.74, 6) is 0. The summed E-state index contributed by atoms with van der Waals surface area (Å²) in [6, 6.07) is 11.0. The molecule has 0 amide bonds. The molecule has 1 atom stereocenters. The molecule has 24 heavy (non-hydrogen) atoms. The number of rotatable bonds is 3. The maximum absolute atomic E-state index is 13.1. The first kappa shape index (κ1) is 17.1. The quantitative estimate of drug-likeness (QED) is 0.848. The molecule has 0 spiro atoms. The van der Waals surface area contributed by atoms with Gasteiger partial charge < -0.3 is 0 Å². The van der Waals surface area contributed by atoms with E-state index in [1.165, 1.54) is 0 Å². The van der Waals surface area contributed by atoms with E-state index in [9.17, 15) is 8.42 Å². The maximum atomic E-state index is 13.1. The van der Waals surface area contributed by atoms with Crippen LogP contribution in [0.3, 0.4) is 0 Å². The van der Waals surface area contributed by atoms with Gasteiger partial charge in [-0.3, -0.25) is 4.98 Å². The fourth-order valence-electron chi connectivity index (χ4n) is 3.21. The lowest BCUT2D eigenvalue weighted by Gasteiger charge is -2.25. The van der Waals surface area contributed by atoms with Gasteiger partial charge in [0.1, 0.15) is 0 Å². The Morgan fingerprint density at radius 1 is 1.04 bits per heavy atom. The van der Waals surface area contributed by atoms with Crippen molar-refractivity contribution in [1.29, 1.82) is 0 Å². The second-order valence-electron chi connectivity index (χ2n) is 7.33. The van der Waals surface area contributed by atoms with Gasteiger partial charge in [0.2, 0.25) is 10.0 Å². The standard InChI is InChI=1S/C19H24N2O2S/c1-19(2,3)16-6-8-17(9-7-16)24(22,23)21-14-4-5-18(21)15-10-12-20-13-11-15/h6-13,18H,4-5,14H2,1-3H3. The van der Waals surface area contributed by atoms with Gasteiger partial charge in [-0.1, -0.05) is 32.9 Å². The van der Waals surface area contributed by atoms with Crippen molar-refractivity contribution in [3.63, 3.8) is 0 Å². The molecule has 1 fully saturated rings. The fraction of sp³-hybridized carbons (Fsp3) is 0.421. The maximum Gasteiger partial charge on any atom is 0.243 e. The van der Waals surface area contributed by atoms with Crippen molar-refractivity contribution in [3.8, 4) is 0 Å². The van der Waals surface area contributed by atoms with E-state index < -0.39 is 10.0 Å². The Hall–Kier alpha value is -1.72. The Labute approximate surface area is 144 Å². The lowest BCUT2D eigenvalue weighted by molar-refractivity contribution is 0.396. The molecule has 1 aliphatic heterocycles. The van der Waals surface area contributed by atoms with Crippen LogP contribution in [0.15, 0.2) is 53.7 Å². The van der Waals surface area contributed by atoms with E-state index in [1.54, 1.807) is 28.8 Å². The highest BCUT2D eigenvalue weighted by molar-refractivity contribution is 7.89. The Kier molecular flexibility index (Phi) is 4.49. The van der Waals surface area contributed by atoms with E-state index in [1.807, 2.05) is 24.3 Å². The molecule has 0 bridgehead atoms. The van der Waals surface area contributed by atoms with Crippen LogP contribution in [0.1, 0.15) is 50.8 Å². The molecule has 0 saturated carbocycles. The van der Waals surface area contributed by atoms with Crippen LogP contribution in [0.25, 0.3) is 0 Å². The van der Waals surface area contributed by atoms with Crippen LogP contribution in [0.4, 0.5) is 0 Å². The van der Waals surface area contributed by atoms with Crippen LogP contribution in [0.5, 0.6) is 0 Å². The summed E-state index contributed by atoms with van der Waals surface area (Å²) in [4.78, 5) is 4.40. The number of hydrogen-bond donors (Lipinski definition) is 0. The molecular formula is C19H24N2O2S. The number of pyridine rings is 1. The molecule has 0 aliphatic carbocycles. The van der Waals surface area contributed by atoms with E-state index in [4.69, 9.17) is 0 Å². The predicted molar refractivity (Wildman–Crippen MR) is 95.2 cm³/mol. The second-order valence-corrected chi connectivity index (χ2v) is 9.22. The summed E-state index contributed by atoms with van der Waals surface area (Å²) in [5, 5.41) is 0. The van der Waals surface area contributed by atoms with Crippen molar-refractivity contribution in [2.24, 2.45) is 0 Å². The van der Waals surface area contributed by atoms with E-state index in [2.05, 4.69) is 25.8 Å². The molecular weight excluding hydrogens is 320 g/mol. The fourth-order valence-corrected chi connectivity index (χ4v) is 4.89. The van der Waals surface area contributed by atoms with Gasteiger partial charge in [0.25, 0.3) is 0 Å². The SMILES string of the molecule is CC(C)(C)c1ccc(S(=O)(=O)N2CCCC2c2ccncc2)cc1. The Morgan fingerprint density at radius 2 is 1.67 bits per heavy atom. The van der Waals surface area contributed by atoms with Gasteiger partial charge in [-0.05, 0) is 53.6 Å². The summed E-state index contributed by atoms with van der Waals surface area (Å²) in [5.41, 5.74) is 2.15. The average molecular weight is 344 g/mol. The first-order valence-electron chi connectivity index (χ1n) is 8.32. The zero-order chi connectivity index (χ0) is 17.4. The van der Waals surface area contributed by atoms with E-state index >= 15 is 0 Å². The second kappa shape index (κ2) is 6.30. The van der Waals surface area contributed by atoms with Gasteiger partial charge >= 0.3 is 0 Å². The molecule has 0 N–H and O–H groups in total. The minimum absolute atomic E-state index is 0.00943. The molecule has 1 unspecified atom stereocenters. The number of sulfonamides is 1. The molecule has 128 valence electrons. The zero-order valence-electron chi connectivity index (χ0n) is 14.4. The smallest absolute Gasteiger partial charge is 0.243 e. The molecule has 1 aromatic heterocycles. The van der Waals surface area contributed by atoms with Gasteiger partial charge in [-0.25, -0.2) is 8.42 Å². The summed E-state index contributed by atoms with van der Waals surface area (Å²) >= 11 is 0. The highest BCUT2D eigenvalue weighted by Crippen LogP contribution is 2.36. The van der Waals surface area contributed by atoms with Crippen LogP contribution in [-0.4, -0.2) is 24.3 Å². The van der Waals surface area contributed by atoms with Gasteiger partial charge in [0.15, 0.2) is 0 Å². The number of hydrogen-bond acceptors (Lipinski definition) is 3. The van der Waals surface area contributed by atoms with E-state index in [-0.39, 0.29) is 11.5 Å². The Balaban J connectivity index is 1.92. The molecule has 2 heterocycles. The number of nitrogens with zero attached hydrogens (tertiary/aromatic N) is 2. The number of benzene rings is 1. The third-order valence-corrected chi connectivity index (χ3v) is 6.54. The van der Waals surface area contributed by atoms with Gasteiger partial charge in [-0.15, -0.1) is 0 Å². The van der Waals surface area contributed by atoms with Crippen LogP contribution in [0, 0.1) is 0 Å². The summed E-state index contributed by atoms with van der Waals surface area (Å²) in [6.45, 7) is 6.93. The first-order chi connectivity index (χ1) is 11.3. The highest BCUT2D eigenvalue weighted by Gasteiger charge is 2.36. The monoisotopic (exact) mass is 344 g/mol. The summed E-state index contributed by atoms with van der Waals surface area (Å²) in [7, 11) is -3.49. The average Bonchev–Trinajstić information content (AvgIpc) is 3.05. The normalized spacial score (nSPS) is 19.5. The lowest BCUT2D eigenvalue weighted by Crippen LogP contribution is -2.30. The Morgan fingerprint density at radius 3 is 2.25 bits per heavy atom. The molecule has 1 aliphatic rings. The summed E-state index contributed by atoms with van der Waals surface area (Å²) in [6.07, 6.45) is 5.17. The molecule has 1 saturated heterocycles. The predicted octanol–water partition coefficient (Wildman–Crippen LogP) is 3.90. The van der Waals surface area contributed by atoms with Crippen molar-refractivity contribution in [1.82, 2.24) is 9.29 Å². The van der Waals surface area contributed by atoms with Gasteiger partial charge in [-0.2, -0.15) is 4.31 Å². The molecule has 3 rings (SSSR count). The largest absolute Gasteiger partial charge is 0.265 e. The molecule has 1 aromatic carbocycles. The first-order valence-corrected chi connectivity index (χ1v) is 9.76. The summed E-state index contributed by atoms with van der Waals surface area (Å²) < 4.78 is 27.8. The van der Waals surface area contributed by atoms with Crippen molar-refractivity contribution in [2.75, 3.05) is 6.54 Å². The van der Waals surface area contributed by atoms with E-state index in [0.29, 0.717) is 11.4 Å². The van der Waals surface area contributed by atoms with Gasteiger partial charge in [0.05, 0.1) is 10.9 Å². The molecule has 2 aromatic rings. The van der Waals surface area contributed by atoms with Crippen molar-refractivity contribution in [2.45, 2.75) is 50.0 Å². The topological polar surface area (TPSA) is 50.3 Å². The van der Waals surface area contributed by atoms with Crippen LogP contribution in [0.2, 0.25) is 0 Å².